The molecule has 1 aromatic carbocycles. The number of amides is 1. The Morgan fingerprint density at radius 2 is 2.52 bits per heavy atom. The molecule has 0 spiro atoms. The maximum absolute atomic E-state index is 11.4. The van der Waals surface area contributed by atoms with Gasteiger partial charge in [0.2, 0.25) is 0 Å². The smallest absolute Gasteiger partial charge is 0.407 e. The number of nitrogens with zero attached hydrogens (tertiary/aromatic N) is 1. The molecule has 0 aliphatic carbocycles. The van der Waals surface area contributed by atoms with Crippen molar-refractivity contribution in [2.45, 2.75) is 18.8 Å². The van der Waals surface area contributed by atoms with Gasteiger partial charge in [0.25, 0.3) is 0 Å². The van der Waals surface area contributed by atoms with E-state index in [1.807, 2.05) is 0 Å². The summed E-state index contributed by atoms with van der Waals surface area (Å²) in [7, 11) is 1.18. The number of hydrogen-bond donors (Lipinski definition) is 2. The van der Waals surface area contributed by atoms with Crippen molar-refractivity contribution in [3.63, 3.8) is 0 Å². The molecule has 0 radical (unpaired) electrons. The highest BCUT2D eigenvalue weighted by Gasteiger charge is 2.22. The molecular weight excluding hydrogens is 266 g/mol. The minimum absolute atomic E-state index is 0.202. The second kappa shape index (κ2) is 5.77. The number of likely N-dealkylation sites (N-methyl/N-ethyl adjacent to an activating group) is 1. The Hall–Kier alpha value is -2.01. The van der Waals surface area contributed by atoms with Crippen LogP contribution in [0.1, 0.15) is 26.2 Å². The van der Waals surface area contributed by atoms with Gasteiger partial charge >= 0.3 is 6.09 Å². The number of alkyl carbamates (subject to hydrolysis) is 1. The first-order valence-corrected chi connectivity index (χ1v) is 6.27. The van der Waals surface area contributed by atoms with Crippen LogP contribution in [0.15, 0.2) is 24.3 Å². The van der Waals surface area contributed by atoms with Gasteiger partial charge in [0, 0.05) is 33.2 Å². The summed E-state index contributed by atoms with van der Waals surface area (Å²) in [5.41, 5.74) is -1.18. The molecule has 1 amide bonds. The third-order valence-electron chi connectivity index (χ3n) is 2.86. The van der Waals surface area contributed by atoms with Crippen molar-refractivity contribution in [3.05, 3.63) is 35.4 Å². The lowest BCUT2D eigenvalue weighted by molar-refractivity contribution is 0.177. The van der Waals surface area contributed by atoms with Gasteiger partial charge in [-0.15, -0.1) is 0 Å². The molecule has 1 atom stereocenters. The molecule has 2 N–H and O–H groups in total. The molecule has 2 aromatic rings. The number of H-pyrrole nitrogens is 1. The van der Waals surface area contributed by atoms with E-state index in [0.717, 1.165) is 4.90 Å². The zero-order valence-corrected chi connectivity index (χ0v) is 11.3. The third kappa shape index (κ3) is 3.19. The summed E-state index contributed by atoms with van der Waals surface area (Å²) in [5, 5.41) is 1.97. The minimum atomic E-state index is -2.62. The minimum Gasteiger partial charge on any atom is -0.447 e. The van der Waals surface area contributed by atoms with Gasteiger partial charge in [0.1, 0.15) is 6.61 Å². The third-order valence-corrected chi connectivity index (χ3v) is 2.86. The Bertz CT molecular complexity index is 1080. The van der Waals surface area contributed by atoms with E-state index in [9.17, 15) is 4.79 Å². The SMILES string of the molecule is [2H]c1[nH]c2c([2H])c([2H])c(C([2H])([2H])[C@H]3COC(=O)N3)c([2H])c2c1C([2H])([2H])CN(C)C([2H])([2H])[2H]. The second-order valence-electron chi connectivity index (χ2n) is 4.60. The second-order valence-corrected chi connectivity index (χ2v) is 4.60. The van der Waals surface area contributed by atoms with Gasteiger partial charge in [0.15, 0.2) is 0 Å². The van der Waals surface area contributed by atoms with Crippen molar-refractivity contribution in [1.29, 1.82) is 0 Å². The maximum Gasteiger partial charge on any atom is 0.407 e. The van der Waals surface area contributed by atoms with Crippen LogP contribution in [-0.4, -0.2) is 49.2 Å². The Balaban J connectivity index is 2.26. The number of ether oxygens (including phenoxy) is 1. The van der Waals surface area contributed by atoms with Crippen molar-refractivity contribution in [1.82, 2.24) is 15.2 Å². The fourth-order valence-corrected chi connectivity index (χ4v) is 1.91. The fourth-order valence-electron chi connectivity index (χ4n) is 1.91. The van der Waals surface area contributed by atoms with E-state index in [1.165, 1.54) is 7.05 Å². The van der Waals surface area contributed by atoms with Crippen LogP contribution in [0.2, 0.25) is 0 Å². The van der Waals surface area contributed by atoms with Crippen molar-refractivity contribution >= 4 is 17.0 Å². The topological polar surface area (TPSA) is 57.4 Å². The predicted octanol–water partition coefficient (Wildman–Crippen LogP) is 1.92. The molecule has 0 unspecified atom stereocenters. The summed E-state index contributed by atoms with van der Waals surface area (Å²) < 4.78 is 94.1. The highest BCUT2D eigenvalue weighted by Crippen LogP contribution is 2.21. The standard InChI is InChI=1S/C16H21N3O2/c1-19(2)6-5-12-9-17-15-4-3-11(8-14(12)15)7-13-10-21-16(20)18-13/h3-4,8-9,13,17H,5-7,10H2,1-2H3,(H,18,20)/t13-/m0/s1/i1D3,3D,4D,5D2,7D2,8D,9D. The van der Waals surface area contributed by atoms with Gasteiger partial charge < -0.3 is 19.9 Å². The molecule has 2 heterocycles. The molecular formula is C16H21N3O2. The molecule has 0 saturated carbocycles. The number of benzene rings is 1. The molecule has 21 heavy (non-hydrogen) atoms. The zero-order chi connectivity index (χ0) is 24.4. The molecule has 5 nitrogen and oxygen atoms in total. The van der Waals surface area contributed by atoms with Crippen LogP contribution in [0.25, 0.3) is 10.9 Å². The van der Waals surface area contributed by atoms with Gasteiger partial charge in [-0.05, 0) is 50.0 Å². The van der Waals surface area contributed by atoms with Crippen LogP contribution in [0.3, 0.4) is 0 Å². The highest BCUT2D eigenvalue weighted by molar-refractivity contribution is 5.84. The van der Waals surface area contributed by atoms with Crippen molar-refractivity contribution in [2.24, 2.45) is 0 Å². The van der Waals surface area contributed by atoms with Gasteiger partial charge in [-0.2, -0.15) is 0 Å². The van der Waals surface area contributed by atoms with Crippen LogP contribution in [0.4, 0.5) is 4.79 Å². The average molecular weight is 298 g/mol. The number of hydrogen-bond acceptors (Lipinski definition) is 3. The maximum atomic E-state index is 11.4. The molecule has 1 saturated heterocycles. The molecule has 1 aliphatic heterocycles. The molecule has 0 bridgehead atoms. The van der Waals surface area contributed by atoms with Gasteiger partial charge in [-0.3, -0.25) is 0 Å². The lowest BCUT2D eigenvalue weighted by Crippen LogP contribution is -2.28. The van der Waals surface area contributed by atoms with Gasteiger partial charge in [-0.25, -0.2) is 4.79 Å². The first-order valence-electron chi connectivity index (χ1n) is 11.8. The van der Waals surface area contributed by atoms with Crippen molar-refractivity contribution in [2.75, 3.05) is 27.2 Å². The van der Waals surface area contributed by atoms with E-state index < -0.39 is 73.8 Å². The van der Waals surface area contributed by atoms with E-state index in [0.29, 0.717) is 0 Å². The molecule has 5 heteroatoms. The largest absolute Gasteiger partial charge is 0.447 e. The van der Waals surface area contributed by atoms with E-state index in [4.69, 9.17) is 19.8 Å². The van der Waals surface area contributed by atoms with Crippen molar-refractivity contribution in [3.8, 4) is 0 Å². The summed E-state index contributed by atoms with van der Waals surface area (Å²) >= 11 is 0. The summed E-state index contributed by atoms with van der Waals surface area (Å²) in [5.74, 6) is 0. The number of cyclic esters (lactones) is 1. The lowest BCUT2D eigenvalue weighted by Gasteiger charge is -2.09. The Labute approximate surface area is 139 Å². The Morgan fingerprint density at radius 3 is 3.29 bits per heavy atom. The Morgan fingerprint density at radius 1 is 1.62 bits per heavy atom. The average Bonchev–Trinajstić information content (AvgIpc) is 3.23. The van der Waals surface area contributed by atoms with Crippen LogP contribution < -0.4 is 5.32 Å². The normalized spacial score (nSPS) is 27.8. The summed E-state index contributed by atoms with van der Waals surface area (Å²) in [6, 6.07) is -3.09. The molecule has 1 fully saturated rings. The first kappa shape index (κ1) is 6.01. The van der Waals surface area contributed by atoms with Gasteiger partial charge in [0.05, 0.1) is 11.5 Å². The van der Waals surface area contributed by atoms with Crippen LogP contribution in [0.5, 0.6) is 0 Å². The summed E-state index contributed by atoms with van der Waals surface area (Å²) in [6.07, 6.45) is -6.38. The number of carbonyl (C=O) groups is 1. The van der Waals surface area contributed by atoms with Crippen LogP contribution >= 0.6 is 0 Å². The summed E-state index contributed by atoms with van der Waals surface area (Å²) in [6.45, 7) is -3.67. The van der Waals surface area contributed by atoms with Crippen molar-refractivity contribution < 1.29 is 24.6 Å². The number of nitrogens with one attached hydrogen (secondary N) is 2. The molecule has 3 rings (SSSR count). The van der Waals surface area contributed by atoms with Crippen LogP contribution in [0, 0.1) is 0 Å². The monoisotopic (exact) mass is 298 g/mol. The fraction of sp³-hybridized carbons (Fsp3) is 0.438. The van der Waals surface area contributed by atoms with Gasteiger partial charge in [-0.1, -0.05) is 6.04 Å². The predicted molar refractivity (Wildman–Crippen MR) is 82.5 cm³/mol. The molecule has 112 valence electrons. The van der Waals surface area contributed by atoms with E-state index >= 15 is 0 Å². The number of aromatic amines is 1. The Kier molecular flexibility index (Phi) is 1.65. The molecule has 1 aliphatic rings. The van der Waals surface area contributed by atoms with E-state index in [1.54, 1.807) is 0 Å². The first-order chi connectivity index (χ1) is 14.5. The quantitative estimate of drug-likeness (QED) is 0.887. The van der Waals surface area contributed by atoms with E-state index in [-0.39, 0.29) is 17.5 Å². The highest BCUT2D eigenvalue weighted by atomic mass is 16.6. The number of fused-ring (bicyclic) bond motifs is 1. The number of aromatic nitrogens is 1. The number of carbonyl (C=O) groups excluding carboxylic acids is 1. The van der Waals surface area contributed by atoms with E-state index in [2.05, 4.69) is 10.3 Å². The number of rotatable bonds is 5. The lowest BCUT2D eigenvalue weighted by atomic mass is 10.0. The molecule has 1 aromatic heterocycles. The van der Waals surface area contributed by atoms with Crippen LogP contribution in [-0.2, 0) is 17.5 Å². The zero-order valence-electron chi connectivity index (χ0n) is 22.3. The summed E-state index contributed by atoms with van der Waals surface area (Å²) in [4.78, 5) is 14.6.